The van der Waals surface area contributed by atoms with Gasteiger partial charge in [-0.3, -0.25) is 0 Å². The van der Waals surface area contributed by atoms with Gasteiger partial charge in [-0.25, -0.2) is 17.6 Å². The summed E-state index contributed by atoms with van der Waals surface area (Å²) in [5.41, 5.74) is 1.50. The van der Waals surface area contributed by atoms with E-state index in [1.807, 2.05) is 6.92 Å². The first-order valence-electron chi connectivity index (χ1n) is 8.82. The molecule has 0 saturated heterocycles. The van der Waals surface area contributed by atoms with Crippen LogP contribution in [-0.2, 0) is 15.6 Å². The third-order valence-electron chi connectivity index (χ3n) is 4.43. The molecule has 1 unspecified atom stereocenters. The first-order chi connectivity index (χ1) is 13.2. The Balaban J connectivity index is 1.79. The monoisotopic (exact) mass is 424 g/mol. The summed E-state index contributed by atoms with van der Waals surface area (Å²) in [5, 5.41) is 2.85. The summed E-state index contributed by atoms with van der Waals surface area (Å²) < 4.78 is 36.6. The van der Waals surface area contributed by atoms with E-state index in [-0.39, 0.29) is 22.8 Å². The Kier molecular flexibility index (Phi) is 7.88. The SMILES string of the molecule is CC(c1ccc(S(C)(=O)=O)cc1)N(C)C(=O)NCCSCc1ccccc1F. The second kappa shape index (κ2) is 9.93. The average molecular weight is 425 g/mol. The maximum atomic E-state index is 13.6. The second-order valence-electron chi connectivity index (χ2n) is 6.50. The van der Waals surface area contributed by atoms with Crippen molar-refractivity contribution in [2.24, 2.45) is 0 Å². The van der Waals surface area contributed by atoms with E-state index in [2.05, 4.69) is 5.32 Å². The summed E-state index contributed by atoms with van der Waals surface area (Å²) in [6, 6.07) is 12.8. The van der Waals surface area contributed by atoms with Crippen molar-refractivity contribution in [1.82, 2.24) is 10.2 Å². The maximum Gasteiger partial charge on any atom is 0.317 e. The number of hydrogen-bond donors (Lipinski definition) is 1. The highest BCUT2D eigenvalue weighted by atomic mass is 32.2. The van der Waals surface area contributed by atoms with Gasteiger partial charge in [-0.2, -0.15) is 11.8 Å². The molecule has 0 aliphatic heterocycles. The Hall–Kier alpha value is -2.06. The molecule has 8 heteroatoms. The van der Waals surface area contributed by atoms with Crippen molar-refractivity contribution < 1.29 is 17.6 Å². The third-order valence-corrected chi connectivity index (χ3v) is 6.57. The molecule has 0 aromatic heterocycles. The number of amides is 2. The molecule has 0 aliphatic carbocycles. The van der Waals surface area contributed by atoms with E-state index in [4.69, 9.17) is 0 Å². The fraction of sp³-hybridized carbons (Fsp3) is 0.350. The molecule has 28 heavy (non-hydrogen) atoms. The minimum Gasteiger partial charge on any atom is -0.337 e. The van der Waals surface area contributed by atoms with Crippen LogP contribution in [0.15, 0.2) is 53.4 Å². The summed E-state index contributed by atoms with van der Waals surface area (Å²) in [4.78, 5) is 14.1. The van der Waals surface area contributed by atoms with Gasteiger partial charge in [-0.05, 0) is 36.2 Å². The van der Waals surface area contributed by atoms with Gasteiger partial charge >= 0.3 is 6.03 Å². The molecule has 0 spiro atoms. The third kappa shape index (κ3) is 6.24. The van der Waals surface area contributed by atoms with Gasteiger partial charge in [0, 0.05) is 31.4 Å². The highest BCUT2D eigenvalue weighted by Gasteiger charge is 2.17. The molecule has 0 heterocycles. The number of hydrogen-bond acceptors (Lipinski definition) is 4. The maximum absolute atomic E-state index is 13.6. The number of nitrogens with zero attached hydrogens (tertiary/aromatic N) is 1. The van der Waals surface area contributed by atoms with Gasteiger partial charge in [0.25, 0.3) is 0 Å². The van der Waals surface area contributed by atoms with Crippen molar-refractivity contribution in [2.45, 2.75) is 23.6 Å². The Morgan fingerprint density at radius 3 is 2.43 bits per heavy atom. The Morgan fingerprint density at radius 2 is 1.82 bits per heavy atom. The molecule has 0 saturated carbocycles. The Bertz CT molecular complexity index is 902. The smallest absolute Gasteiger partial charge is 0.317 e. The topological polar surface area (TPSA) is 66.5 Å². The van der Waals surface area contributed by atoms with E-state index in [1.54, 1.807) is 66.2 Å². The van der Waals surface area contributed by atoms with Gasteiger partial charge in [-0.1, -0.05) is 30.3 Å². The molecular formula is C20H25FN2O3S2. The van der Waals surface area contributed by atoms with Crippen LogP contribution < -0.4 is 5.32 Å². The molecule has 0 aliphatic rings. The Morgan fingerprint density at radius 1 is 1.18 bits per heavy atom. The van der Waals surface area contributed by atoms with Crippen LogP contribution in [0.1, 0.15) is 24.1 Å². The van der Waals surface area contributed by atoms with Gasteiger partial charge < -0.3 is 10.2 Å². The largest absolute Gasteiger partial charge is 0.337 e. The number of rotatable bonds is 8. The van der Waals surface area contributed by atoms with E-state index >= 15 is 0 Å². The quantitative estimate of drug-likeness (QED) is 0.654. The van der Waals surface area contributed by atoms with Gasteiger partial charge in [-0.15, -0.1) is 0 Å². The molecule has 0 radical (unpaired) electrons. The zero-order valence-electron chi connectivity index (χ0n) is 16.2. The first kappa shape index (κ1) is 22.2. The number of halogens is 1. The number of nitrogens with one attached hydrogen (secondary N) is 1. The van der Waals surface area contributed by atoms with E-state index in [1.165, 1.54) is 6.07 Å². The fourth-order valence-corrected chi connectivity index (χ4v) is 4.02. The molecule has 0 bridgehead atoms. The second-order valence-corrected chi connectivity index (χ2v) is 9.62. The van der Waals surface area contributed by atoms with Crippen molar-refractivity contribution in [1.29, 1.82) is 0 Å². The van der Waals surface area contributed by atoms with Gasteiger partial charge in [0.05, 0.1) is 10.9 Å². The zero-order chi connectivity index (χ0) is 20.7. The lowest BCUT2D eigenvalue weighted by atomic mass is 10.1. The highest BCUT2D eigenvalue weighted by molar-refractivity contribution is 7.98. The van der Waals surface area contributed by atoms with Crippen molar-refractivity contribution in [3.63, 3.8) is 0 Å². The number of urea groups is 1. The summed E-state index contributed by atoms with van der Waals surface area (Å²) in [6.45, 7) is 2.35. The van der Waals surface area contributed by atoms with E-state index < -0.39 is 9.84 Å². The minimum atomic E-state index is -3.24. The molecule has 2 aromatic rings. The van der Waals surface area contributed by atoms with Crippen molar-refractivity contribution >= 4 is 27.6 Å². The number of carbonyl (C=O) groups excluding carboxylic acids is 1. The summed E-state index contributed by atoms with van der Waals surface area (Å²) in [5.74, 6) is 1.02. The number of thioether (sulfide) groups is 1. The lowest BCUT2D eigenvalue weighted by Gasteiger charge is -2.25. The van der Waals surface area contributed by atoms with Gasteiger partial charge in [0.2, 0.25) is 0 Å². The van der Waals surface area contributed by atoms with E-state index in [0.717, 1.165) is 11.8 Å². The molecule has 2 amide bonds. The normalized spacial score (nSPS) is 12.4. The minimum absolute atomic E-state index is 0.209. The molecule has 152 valence electrons. The van der Waals surface area contributed by atoms with Crippen molar-refractivity contribution in [3.8, 4) is 0 Å². The fourth-order valence-electron chi connectivity index (χ4n) is 2.55. The van der Waals surface area contributed by atoms with Crippen molar-refractivity contribution in [3.05, 3.63) is 65.5 Å². The van der Waals surface area contributed by atoms with E-state index in [0.29, 0.717) is 23.6 Å². The van der Waals surface area contributed by atoms with Crippen LogP contribution in [0.4, 0.5) is 9.18 Å². The highest BCUT2D eigenvalue weighted by Crippen LogP contribution is 2.21. The van der Waals surface area contributed by atoms with Crippen LogP contribution in [0.2, 0.25) is 0 Å². The van der Waals surface area contributed by atoms with Gasteiger partial charge in [0.1, 0.15) is 5.82 Å². The van der Waals surface area contributed by atoms with Gasteiger partial charge in [0.15, 0.2) is 9.84 Å². The predicted molar refractivity (Wildman–Crippen MR) is 112 cm³/mol. The number of sulfone groups is 1. The van der Waals surface area contributed by atoms with Crippen LogP contribution in [0, 0.1) is 5.82 Å². The van der Waals surface area contributed by atoms with Crippen LogP contribution >= 0.6 is 11.8 Å². The Labute approximate surface area is 170 Å². The summed E-state index contributed by atoms with van der Waals surface area (Å²) in [7, 11) is -1.55. The van der Waals surface area contributed by atoms with Crippen LogP contribution in [0.5, 0.6) is 0 Å². The van der Waals surface area contributed by atoms with Crippen LogP contribution in [0.25, 0.3) is 0 Å². The molecule has 2 rings (SSSR count). The lowest BCUT2D eigenvalue weighted by Crippen LogP contribution is -2.39. The predicted octanol–water partition coefficient (Wildman–Crippen LogP) is 3.87. The number of carbonyl (C=O) groups is 1. The standard InChI is InChI=1S/C20H25FN2O3S2/c1-15(16-8-10-18(11-9-16)28(3,25)26)23(2)20(24)22-12-13-27-14-17-6-4-5-7-19(17)21/h4-11,15H,12-14H2,1-3H3,(H,22,24). The zero-order valence-corrected chi connectivity index (χ0v) is 17.8. The van der Waals surface area contributed by atoms with Crippen LogP contribution in [0.3, 0.4) is 0 Å². The van der Waals surface area contributed by atoms with E-state index in [9.17, 15) is 17.6 Å². The molecule has 0 fully saturated rings. The molecule has 5 nitrogen and oxygen atoms in total. The molecule has 2 aromatic carbocycles. The number of benzene rings is 2. The summed E-state index contributed by atoms with van der Waals surface area (Å²) in [6.07, 6.45) is 1.16. The first-order valence-corrected chi connectivity index (χ1v) is 11.9. The van der Waals surface area contributed by atoms with Crippen molar-refractivity contribution in [2.75, 3.05) is 25.6 Å². The molecular weight excluding hydrogens is 399 g/mol. The average Bonchev–Trinajstić information content (AvgIpc) is 2.67. The molecule has 1 N–H and O–H groups in total. The molecule has 1 atom stereocenters. The van der Waals surface area contributed by atoms with Crippen LogP contribution in [-0.4, -0.2) is 44.9 Å². The lowest BCUT2D eigenvalue weighted by molar-refractivity contribution is 0.195. The summed E-state index contributed by atoms with van der Waals surface area (Å²) >= 11 is 1.55.